The summed E-state index contributed by atoms with van der Waals surface area (Å²) in [5.41, 5.74) is 3.82. The standard InChI is InChI=1S/C19H19N3O3/c1-25-18-11-17-20-9-8-16(22(17)21-18)13-6-7-14(19(23)24)15(10-13)12-4-2-3-5-12/h6-12H,2-5H2,1H3,(H,23,24). The van der Waals surface area contributed by atoms with Gasteiger partial charge in [0.1, 0.15) is 0 Å². The van der Waals surface area contributed by atoms with E-state index in [1.54, 1.807) is 30.0 Å². The van der Waals surface area contributed by atoms with E-state index in [1.165, 1.54) is 0 Å². The van der Waals surface area contributed by atoms with Crippen LogP contribution in [-0.2, 0) is 0 Å². The minimum atomic E-state index is -0.867. The Kier molecular flexibility index (Phi) is 3.87. The number of methoxy groups -OCH3 is 1. The van der Waals surface area contributed by atoms with Crippen LogP contribution in [0.1, 0.15) is 47.5 Å². The molecule has 0 aliphatic heterocycles. The molecule has 0 bridgehead atoms. The Bertz CT molecular complexity index is 942. The number of carboxylic acid groups (broad SMARTS) is 1. The van der Waals surface area contributed by atoms with E-state index >= 15 is 0 Å². The van der Waals surface area contributed by atoms with Gasteiger partial charge in [0.25, 0.3) is 0 Å². The van der Waals surface area contributed by atoms with E-state index in [2.05, 4.69) is 10.1 Å². The van der Waals surface area contributed by atoms with Crippen LogP contribution in [0, 0.1) is 0 Å². The van der Waals surface area contributed by atoms with Crippen molar-refractivity contribution in [2.24, 2.45) is 0 Å². The van der Waals surface area contributed by atoms with Crippen molar-refractivity contribution in [3.63, 3.8) is 0 Å². The second-order valence-corrected chi connectivity index (χ2v) is 6.38. The van der Waals surface area contributed by atoms with Gasteiger partial charge in [-0.2, -0.15) is 0 Å². The molecule has 0 unspecified atom stereocenters. The van der Waals surface area contributed by atoms with Gasteiger partial charge in [-0.3, -0.25) is 0 Å². The molecule has 6 nitrogen and oxygen atoms in total. The van der Waals surface area contributed by atoms with Crippen molar-refractivity contribution in [2.75, 3.05) is 7.11 Å². The summed E-state index contributed by atoms with van der Waals surface area (Å²) < 4.78 is 6.93. The Hall–Kier alpha value is -2.89. The molecular formula is C19H19N3O3. The molecule has 1 aliphatic carbocycles. The number of nitrogens with zero attached hydrogens (tertiary/aromatic N) is 3. The van der Waals surface area contributed by atoms with Crippen molar-refractivity contribution in [3.8, 4) is 17.1 Å². The fourth-order valence-electron chi connectivity index (χ4n) is 3.68. The molecule has 6 heteroatoms. The quantitative estimate of drug-likeness (QED) is 0.784. The monoisotopic (exact) mass is 337 g/mol. The first kappa shape index (κ1) is 15.6. The lowest BCUT2D eigenvalue weighted by atomic mass is 9.90. The molecule has 0 atom stereocenters. The summed E-state index contributed by atoms with van der Waals surface area (Å²) >= 11 is 0. The van der Waals surface area contributed by atoms with Gasteiger partial charge in [0, 0.05) is 17.8 Å². The Balaban J connectivity index is 1.87. The summed E-state index contributed by atoms with van der Waals surface area (Å²) in [5.74, 6) is -0.0530. The number of ether oxygens (including phenoxy) is 1. The topological polar surface area (TPSA) is 76.7 Å². The van der Waals surface area contributed by atoms with Gasteiger partial charge >= 0.3 is 5.97 Å². The van der Waals surface area contributed by atoms with E-state index in [0.717, 1.165) is 42.5 Å². The van der Waals surface area contributed by atoms with Crippen LogP contribution in [0.4, 0.5) is 0 Å². The molecule has 2 heterocycles. The number of aromatic nitrogens is 3. The average Bonchev–Trinajstić information content (AvgIpc) is 3.29. The van der Waals surface area contributed by atoms with E-state index < -0.39 is 5.97 Å². The number of aromatic carboxylic acids is 1. The molecule has 25 heavy (non-hydrogen) atoms. The first-order valence-corrected chi connectivity index (χ1v) is 8.44. The molecule has 1 N–H and O–H groups in total. The lowest BCUT2D eigenvalue weighted by molar-refractivity contribution is 0.0695. The molecule has 0 saturated heterocycles. The number of carbonyl (C=O) groups is 1. The van der Waals surface area contributed by atoms with Crippen LogP contribution in [0.2, 0.25) is 0 Å². The minimum absolute atomic E-state index is 0.315. The van der Waals surface area contributed by atoms with Gasteiger partial charge in [-0.25, -0.2) is 14.3 Å². The summed E-state index contributed by atoms with van der Waals surface area (Å²) in [4.78, 5) is 15.9. The number of carboxylic acids is 1. The molecule has 2 aromatic heterocycles. The number of fused-ring (bicyclic) bond motifs is 1. The Morgan fingerprint density at radius 2 is 2.04 bits per heavy atom. The van der Waals surface area contributed by atoms with Crippen LogP contribution in [0.15, 0.2) is 36.5 Å². The molecule has 1 saturated carbocycles. The number of hydrogen-bond donors (Lipinski definition) is 1. The Labute approximate surface area is 145 Å². The van der Waals surface area contributed by atoms with Crippen LogP contribution in [0.25, 0.3) is 16.9 Å². The van der Waals surface area contributed by atoms with E-state index in [0.29, 0.717) is 23.0 Å². The predicted octanol–water partition coefficient (Wildman–Crippen LogP) is 3.76. The van der Waals surface area contributed by atoms with Crippen LogP contribution in [0.5, 0.6) is 5.88 Å². The van der Waals surface area contributed by atoms with Gasteiger partial charge in [-0.15, -0.1) is 5.10 Å². The first-order valence-electron chi connectivity index (χ1n) is 8.44. The summed E-state index contributed by atoms with van der Waals surface area (Å²) in [6.45, 7) is 0. The number of hydrogen-bond acceptors (Lipinski definition) is 4. The lowest BCUT2D eigenvalue weighted by Gasteiger charge is -2.15. The number of rotatable bonds is 4. The normalized spacial score (nSPS) is 14.9. The van der Waals surface area contributed by atoms with E-state index in [9.17, 15) is 9.90 Å². The molecule has 0 amide bonds. The van der Waals surface area contributed by atoms with Crippen molar-refractivity contribution in [1.82, 2.24) is 14.6 Å². The maximum absolute atomic E-state index is 11.6. The summed E-state index contributed by atoms with van der Waals surface area (Å²) in [6, 6.07) is 9.20. The fraction of sp³-hybridized carbons (Fsp3) is 0.316. The third-order valence-electron chi connectivity index (χ3n) is 4.92. The number of benzene rings is 1. The van der Waals surface area contributed by atoms with Crippen molar-refractivity contribution >= 4 is 11.6 Å². The molecule has 1 aromatic carbocycles. The van der Waals surface area contributed by atoms with Crippen molar-refractivity contribution < 1.29 is 14.6 Å². The van der Waals surface area contributed by atoms with Crippen LogP contribution in [-0.4, -0.2) is 32.8 Å². The predicted molar refractivity (Wildman–Crippen MR) is 93.1 cm³/mol. The van der Waals surface area contributed by atoms with Gasteiger partial charge in [0.05, 0.1) is 18.4 Å². The molecule has 0 radical (unpaired) electrons. The average molecular weight is 337 g/mol. The Morgan fingerprint density at radius 3 is 2.76 bits per heavy atom. The van der Waals surface area contributed by atoms with Crippen LogP contribution in [0.3, 0.4) is 0 Å². The van der Waals surface area contributed by atoms with E-state index in [-0.39, 0.29) is 0 Å². The second kappa shape index (κ2) is 6.20. The largest absolute Gasteiger partial charge is 0.480 e. The maximum Gasteiger partial charge on any atom is 0.335 e. The van der Waals surface area contributed by atoms with Gasteiger partial charge in [-0.05, 0) is 42.5 Å². The van der Waals surface area contributed by atoms with Gasteiger partial charge in [-0.1, -0.05) is 18.9 Å². The van der Waals surface area contributed by atoms with Gasteiger partial charge in [0.2, 0.25) is 5.88 Å². The third kappa shape index (κ3) is 2.73. The van der Waals surface area contributed by atoms with Crippen molar-refractivity contribution in [1.29, 1.82) is 0 Å². The highest BCUT2D eigenvalue weighted by atomic mass is 16.5. The molecule has 128 valence electrons. The van der Waals surface area contributed by atoms with E-state index in [1.807, 2.05) is 18.2 Å². The highest BCUT2D eigenvalue weighted by Crippen LogP contribution is 2.37. The molecular weight excluding hydrogens is 318 g/mol. The Morgan fingerprint density at radius 1 is 1.24 bits per heavy atom. The van der Waals surface area contributed by atoms with Gasteiger partial charge < -0.3 is 9.84 Å². The fourth-order valence-corrected chi connectivity index (χ4v) is 3.68. The molecule has 1 fully saturated rings. The highest BCUT2D eigenvalue weighted by Gasteiger charge is 2.23. The smallest absolute Gasteiger partial charge is 0.335 e. The zero-order chi connectivity index (χ0) is 17.4. The molecule has 3 aromatic rings. The zero-order valence-electron chi connectivity index (χ0n) is 14.0. The maximum atomic E-state index is 11.6. The van der Waals surface area contributed by atoms with Crippen molar-refractivity contribution in [3.05, 3.63) is 47.7 Å². The van der Waals surface area contributed by atoms with Crippen LogP contribution >= 0.6 is 0 Å². The second-order valence-electron chi connectivity index (χ2n) is 6.38. The van der Waals surface area contributed by atoms with E-state index in [4.69, 9.17) is 4.74 Å². The first-order chi connectivity index (χ1) is 12.2. The van der Waals surface area contributed by atoms with Crippen LogP contribution < -0.4 is 4.74 Å². The van der Waals surface area contributed by atoms with Gasteiger partial charge in [0.15, 0.2) is 5.65 Å². The molecule has 4 rings (SSSR count). The SMILES string of the molecule is COc1cc2nccc(-c3ccc(C(=O)O)c(C4CCCC4)c3)n2n1. The lowest BCUT2D eigenvalue weighted by Crippen LogP contribution is -2.06. The zero-order valence-corrected chi connectivity index (χ0v) is 14.0. The summed E-state index contributed by atoms with van der Waals surface area (Å²) in [6.07, 6.45) is 6.13. The summed E-state index contributed by atoms with van der Waals surface area (Å²) in [5, 5.41) is 14.0. The minimum Gasteiger partial charge on any atom is -0.480 e. The third-order valence-corrected chi connectivity index (χ3v) is 4.92. The summed E-state index contributed by atoms with van der Waals surface area (Å²) in [7, 11) is 1.57. The van der Waals surface area contributed by atoms with Crippen molar-refractivity contribution in [2.45, 2.75) is 31.6 Å². The molecule has 0 spiro atoms. The highest BCUT2D eigenvalue weighted by molar-refractivity contribution is 5.90. The molecule has 1 aliphatic rings.